The highest BCUT2D eigenvalue weighted by molar-refractivity contribution is 8.06. The van der Waals surface area contributed by atoms with E-state index in [0.717, 1.165) is 34.2 Å². The van der Waals surface area contributed by atoms with Gasteiger partial charge in [0.05, 0.1) is 17.0 Å². The minimum Gasteiger partial charge on any atom is -0.367 e. The van der Waals surface area contributed by atoms with Crippen molar-refractivity contribution in [1.29, 1.82) is 5.26 Å². The zero-order valence-corrected chi connectivity index (χ0v) is 25.1. The van der Waals surface area contributed by atoms with E-state index in [9.17, 15) is 10.1 Å². The van der Waals surface area contributed by atoms with Crippen LogP contribution in [0.3, 0.4) is 0 Å². The van der Waals surface area contributed by atoms with Crippen LogP contribution in [-0.4, -0.2) is 23.8 Å². The molecule has 1 aliphatic carbocycles. The highest BCUT2D eigenvalue weighted by atomic mass is 32.2. The Hall–Kier alpha value is -2.51. The van der Waals surface area contributed by atoms with Crippen molar-refractivity contribution >= 4 is 17.5 Å². The van der Waals surface area contributed by atoms with Crippen molar-refractivity contribution in [1.82, 2.24) is 4.90 Å². The van der Waals surface area contributed by atoms with Crippen LogP contribution < -0.4 is 0 Å². The fraction of sp³-hybridized carbons (Fsp3) is 0.515. The van der Waals surface area contributed by atoms with E-state index in [1.165, 1.54) is 31.3 Å². The number of Topliss-reactive ketones (excluding diaryl/α,β-unsaturated/α-hetero) is 1. The Bertz CT molecular complexity index is 1100. The zero-order valence-electron chi connectivity index (χ0n) is 24.3. The van der Waals surface area contributed by atoms with E-state index in [1.54, 1.807) is 11.8 Å². The SMILES string of the molecule is C=C(SC(/C=C1/C(C)=C(C#N)C1C(=O)c1ccccc1)=C(\C)C(C)(C)C)N(CC)CC(CC)CCCC. The van der Waals surface area contributed by atoms with Gasteiger partial charge < -0.3 is 4.90 Å². The molecule has 0 radical (unpaired) electrons. The van der Waals surface area contributed by atoms with Crippen molar-refractivity contribution in [2.75, 3.05) is 13.1 Å². The standard InChI is InChI=1S/C33H46N2OS/c1-10-13-17-26(11-2)22-35(12-3)25(6)37-30(24(5)33(7,8)9)20-28-23(4)29(21-34)31(28)32(36)27-18-15-14-16-19-27/h14-16,18-20,26,31H,6,10-13,17,22H2,1-5,7-9H3/b28-20-,30-24+. The summed E-state index contributed by atoms with van der Waals surface area (Å²) in [4.78, 5) is 17.0. The van der Waals surface area contributed by atoms with Gasteiger partial charge >= 0.3 is 0 Å². The van der Waals surface area contributed by atoms with Crippen molar-refractivity contribution in [2.45, 2.75) is 81.1 Å². The molecule has 1 aromatic rings. The highest BCUT2D eigenvalue weighted by Crippen LogP contribution is 2.46. The van der Waals surface area contributed by atoms with Gasteiger partial charge in [0.1, 0.15) is 0 Å². The molecule has 2 rings (SSSR count). The molecular weight excluding hydrogens is 472 g/mol. The molecule has 2 atom stereocenters. The number of rotatable bonds is 13. The molecule has 1 aliphatic rings. The molecule has 4 heteroatoms. The molecule has 0 aromatic heterocycles. The normalized spacial score (nSPS) is 18.1. The summed E-state index contributed by atoms with van der Waals surface area (Å²) >= 11 is 1.70. The molecule has 0 heterocycles. The Morgan fingerprint density at radius 2 is 1.86 bits per heavy atom. The maximum absolute atomic E-state index is 13.4. The predicted octanol–water partition coefficient (Wildman–Crippen LogP) is 9.33. The van der Waals surface area contributed by atoms with Crippen LogP contribution in [-0.2, 0) is 0 Å². The number of carbonyl (C=O) groups excluding carboxylic acids is 1. The molecule has 0 aliphatic heterocycles. The molecule has 0 fully saturated rings. The molecule has 0 saturated heterocycles. The summed E-state index contributed by atoms with van der Waals surface area (Å²) < 4.78 is 0. The summed E-state index contributed by atoms with van der Waals surface area (Å²) in [6.07, 6.45) is 7.07. The van der Waals surface area contributed by atoms with Crippen LogP contribution in [0.1, 0.15) is 91.4 Å². The van der Waals surface area contributed by atoms with Crippen LogP contribution in [0.15, 0.2) is 75.2 Å². The predicted molar refractivity (Wildman–Crippen MR) is 160 cm³/mol. The smallest absolute Gasteiger partial charge is 0.175 e. The average molecular weight is 519 g/mol. The number of ketones is 1. The second-order valence-corrected chi connectivity index (χ2v) is 12.2. The largest absolute Gasteiger partial charge is 0.367 e. The van der Waals surface area contributed by atoms with E-state index < -0.39 is 5.92 Å². The van der Waals surface area contributed by atoms with E-state index in [4.69, 9.17) is 0 Å². The molecule has 0 amide bonds. The van der Waals surface area contributed by atoms with Crippen molar-refractivity contribution < 1.29 is 4.79 Å². The van der Waals surface area contributed by atoms with Gasteiger partial charge in [-0.25, -0.2) is 0 Å². The van der Waals surface area contributed by atoms with Crippen LogP contribution in [0.5, 0.6) is 0 Å². The fourth-order valence-corrected chi connectivity index (χ4v) is 5.83. The quantitative estimate of drug-likeness (QED) is 0.244. The van der Waals surface area contributed by atoms with E-state index in [1.807, 2.05) is 37.3 Å². The fourth-order valence-electron chi connectivity index (χ4n) is 4.60. The lowest BCUT2D eigenvalue weighted by molar-refractivity contribution is 0.0952. The van der Waals surface area contributed by atoms with Crippen molar-refractivity contribution in [3.63, 3.8) is 0 Å². The van der Waals surface area contributed by atoms with E-state index >= 15 is 0 Å². The maximum Gasteiger partial charge on any atom is 0.175 e. The van der Waals surface area contributed by atoms with Gasteiger partial charge in [-0.3, -0.25) is 4.79 Å². The van der Waals surface area contributed by atoms with Gasteiger partial charge in [0.2, 0.25) is 0 Å². The summed E-state index contributed by atoms with van der Waals surface area (Å²) in [7, 11) is 0. The van der Waals surface area contributed by atoms with Gasteiger partial charge in [-0.2, -0.15) is 5.26 Å². The van der Waals surface area contributed by atoms with E-state index in [-0.39, 0.29) is 11.2 Å². The third-order valence-electron chi connectivity index (χ3n) is 7.64. The Balaban J connectivity index is 2.44. The minimum atomic E-state index is -0.509. The molecule has 0 saturated carbocycles. The van der Waals surface area contributed by atoms with Gasteiger partial charge in [-0.1, -0.05) is 108 Å². The molecule has 0 N–H and O–H groups in total. The molecule has 2 unspecified atom stereocenters. The Morgan fingerprint density at radius 3 is 2.38 bits per heavy atom. The summed E-state index contributed by atoms with van der Waals surface area (Å²) in [5.41, 5.74) is 4.30. The van der Waals surface area contributed by atoms with Gasteiger partial charge in [0.25, 0.3) is 0 Å². The minimum absolute atomic E-state index is 0.0116. The third-order valence-corrected chi connectivity index (χ3v) is 8.78. The first-order chi connectivity index (χ1) is 17.5. The van der Waals surface area contributed by atoms with Gasteiger partial charge in [0.15, 0.2) is 5.78 Å². The Kier molecular flexibility index (Phi) is 11.5. The average Bonchev–Trinajstić information content (AvgIpc) is 2.88. The summed E-state index contributed by atoms with van der Waals surface area (Å²) in [6.45, 7) is 24.0. The molecule has 0 bridgehead atoms. The lowest BCUT2D eigenvalue weighted by Gasteiger charge is -2.33. The molecule has 37 heavy (non-hydrogen) atoms. The Labute approximate surface area is 230 Å². The second-order valence-electron chi connectivity index (χ2n) is 11.1. The highest BCUT2D eigenvalue weighted by Gasteiger charge is 2.39. The van der Waals surface area contributed by atoms with E-state index in [2.05, 4.69) is 72.1 Å². The number of nitrogens with zero attached hydrogens (tertiary/aromatic N) is 2. The van der Waals surface area contributed by atoms with Crippen LogP contribution >= 0.6 is 11.8 Å². The first-order valence-electron chi connectivity index (χ1n) is 13.7. The maximum atomic E-state index is 13.4. The zero-order chi connectivity index (χ0) is 27.8. The summed E-state index contributed by atoms with van der Waals surface area (Å²) in [5.74, 6) is 0.141. The monoisotopic (exact) mass is 518 g/mol. The van der Waals surface area contributed by atoms with Crippen molar-refractivity contribution in [2.24, 2.45) is 17.3 Å². The summed E-state index contributed by atoms with van der Waals surface area (Å²) in [6, 6.07) is 11.6. The van der Waals surface area contributed by atoms with Gasteiger partial charge in [-0.05, 0) is 55.7 Å². The van der Waals surface area contributed by atoms with Crippen LogP contribution in [0.2, 0.25) is 0 Å². The van der Waals surface area contributed by atoms with Crippen molar-refractivity contribution in [3.8, 4) is 6.07 Å². The second kappa shape index (κ2) is 13.9. The van der Waals surface area contributed by atoms with Crippen LogP contribution in [0.25, 0.3) is 0 Å². The Morgan fingerprint density at radius 1 is 1.22 bits per heavy atom. The number of hydrogen-bond acceptors (Lipinski definition) is 4. The number of hydrogen-bond donors (Lipinski definition) is 0. The number of nitriles is 1. The van der Waals surface area contributed by atoms with Crippen molar-refractivity contribution in [3.05, 3.63) is 80.8 Å². The number of unbranched alkanes of at least 4 members (excludes halogenated alkanes) is 1. The van der Waals surface area contributed by atoms with E-state index in [0.29, 0.717) is 17.1 Å². The number of carbonyl (C=O) groups is 1. The molecular formula is C33H46N2OS. The van der Waals surface area contributed by atoms with Gasteiger partial charge in [-0.15, -0.1) is 0 Å². The molecule has 1 aromatic carbocycles. The number of thioether (sulfide) groups is 1. The van der Waals surface area contributed by atoms with Crippen LogP contribution in [0.4, 0.5) is 0 Å². The molecule has 3 nitrogen and oxygen atoms in total. The van der Waals surface area contributed by atoms with Crippen LogP contribution in [0, 0.1) is 28.6 Å². The first kappa shape index (κ1) is 30.7. The summed E-state index contributed by atoms with van der Waals surface area (Å²) in [5, 5.41) is 10.8. The molecule has 200 valence electrons. The lowest BCUT2D eigenvalue weighted by Crippen LogP contribution is -2.29. The first-order valence-corrected chi connectivity index (χ1v) is 14.6. The number of benzene rings is 1. The third kappa shape index (κ3) is 7.74. The number of allylic oxidation sites excluding steroid dienone is 5. The molecule has 0 spiro atoms. The topological polar surface area (TPSA) is 44.1 Å². The lowest BCUT2D eigenvalue weighted by atomic mass is 9.70. The van der Waals surface area contributed by atoms with Gasteiger partial charge in [0, 0.05) is 29.1 Å².